The van der Waals surface area contributed by atoms with Crippen LogP contribution in [0, 0.1) is 0 Å². The van der Waals surface area contributed by atoms with Crippen LogP contribution in [0.1, 0.15) is 0 Å². The van der Waals surface area contributed by atoms with E-state index in [0.29, 0.717) is 13.0 Å². The van der Waals surface area contributed by atoms with Gasteiger partial charge in [0.1, 0.15) is 0 Å². The number of aliphatic hydroxyl groups excluding tert-OH is 1. The molecule has 0 aliphatic rings. The lowest BCUT2D eigenvalue weighted by atomic mass is 10.4. The second-order valence-electron chi connectivity index (χ2n) is 2.15. The number of hydrogen-bond donors (Lipinski definition) is 1. The molecule has 0 bridgehead atoms. The highest BCUT2D eigenvalue weighted by Gasteiger charge is 2.04. The fraction of sp³-hybridized carbons (Fsp3) is 0.833. The molecule has 4 heteroatoms. The van der Waals surface area contributed by atoms with E-state index in [4.69, 9.17) is 5.11 Å². The highest BCUT2D eigenvalue weighted by Crippen LogP contribution is 1.85. The molecular formula is C6H13NO3. The molecule has 4 nitrogen and oxygen atoms in total. The van der Waals surface area contributed by atoms with Crippen molar-refractivity contribution in [3.8, 4) is 0 Å². The van der Waals surface area contributed by atoms with Gasteiger partial charge < -0.3 is 14.7 Å². The Bertz CT molecular complexity index is 97.0. The molecule has 0 aromatic carbocycles. The monoisotopic (exact) mass is 147 g/mol. The van der Waals surface area contributed by atoms with Crippen molar-refractivity contribution >= 4 is 6.41 Å². The smallest absolute Gasteiger partial charge is 0.209 e. The summed E-state index contributed by atoms with van der Waals surface area (Å²) in [5, 5.41) is 9.03. The van der Waals surface area contributed by atoms with Crippen LogP contribution >= 0.6 is 0 Å². The predicted molar refractivity (Wildman–Crippen MR) is 36.6 cm³/mol. The molecule has 1 N–H and O–H groups in total. The number of rotatable bonds is 5. The van der Waals surface area contributed by atoms with Crippen LogP contribution in [-0.2, 0) is 9.53 Å². The SMILES string of the molecule is COCC(O)CN(C)C=O. The normalized spacial score (nSPS) is 12.7. The molecule has 0 aromatic rings. The van der Waals surface area contributed by atoms with Crippen molar-refractivity contribution in [1.29, 1.82) is 0 Å². The minimum Gasteiger partial charge on any atom is -0.389 e. The van der Waals surface area contributed by atoms with Gasteiger partial charge in [0.05, 0.1) is 12.7 Å². The molecule has 0 fully saturated rings. The van der Waals surface area contributed by atoms with Crippen LogP contribution in [0.3, 0.4) is 0 Å². The Hall–Kier alpha value is -0.610. The van der Waals surface area contributed by atoms with E-state index in [0.717, 1.165) is 0 Å². The van der Waals surface area contributed by atoms with Crippen LogP contribution in [0.5, 0.6) is 0 Å². The number of carbonyl (C=O) groups excluding carboxylic acids is 1. The molecule has 1 unspecified atom stereocenters. The van der Waals surface area contributed by atoms with E-state index in [9.17, 15) is 4.79 Å². The third kappa shape index (κ3) is 4.29. The first kappa shape index (κ1) is 9.39. The van der Waals surface area contributed by atoms with E-state index in [1.54, 1.807) is 7.05 Å². The van der Waals surface area contributed by atoms with Gasteiger partial charge in [0.2, 0.25) is 6.41 Å². The van der Waals surface area contributed by atoms with Crippen LogP contribution in [0.4, 0.5) is 0 Å². The zero-order chi connectivity index (χ0) is 7.98. The Morgan fingerprint density at radius 1 is 1.80 bits per heavy atom. The van der Waals surface area contributed by atoms with Crippen LogP contribution in [0.25, 0.3) is 0 Å². The van der Waals surface area contributed by atoms with Gasteiger partial charge in [-0.1, -0.05) is 0 Å². The summed E-state index contributed by atoms with van der Waals surface area (Å²) in [4.78, 5) is 11.4. The van der Waals surface area contributed by atoms with Crippen LogP contribution < -0.4 is 0 Å². The fourth-order valence-electron chi connectivity index (χ4n) is 0.621. The number of likely N-dealkylation sites (N-methyl/N-ethyl adjacent to an activating group) is 1. The summed E-state index contributed by atoms with van der Waals surface area (Å²) >= 11 is 0. The maximum Gasteiger partial charge on any atom is 0.209 e. The fourth-order valence-corrected chi connectivity index (χ4v) is 0.621. The number of methoxy groups -OCH3 is 1. The Morgan fingerprint density at radius 2 is 2.40 bits per heavy atom. The van der Waals surface area contributed by atoms with E-state index >= 15 is 0 Å². The molecule has 1 amide bonds. The standard InChI is InChI=1S/C6H13NO3/c1-7(5-8)3-6(9)4-10-2/h5-6,9H,3-4H2,1-2H3. The lowest BCUT2D eigenvalue weighted by Gasteiger charge is -2.14. The maximum absolute atomic E-state index is 10.0. The number of carbonyl (C=O) groups is 1. The van der Waals surface area contributed by atoms with Gasteiger partial charge in [0, 0.05) is 20.7 Å². The molecule has 1 atom stereocenters. The molecule has 0 heterocycles. The summed E-state index contributed by atoms with van der Waals surface area (Å²) in [6, 6.07) is 0. The van der Waals surface area contributed by atoms with E-state index < -0.39 is 6.10 Å². The topological polar surface area (TPSA) is 49.8 Å². The van der Waals surface area contributed by atoms with E-state index in [1.165, 1.54) is 12.0 Å². The summed E-state index contributed by atoms with van der Waals surface area (Å²) in [6.07, 6.45) is 0.0824. The van der Waals surface area contributed by atoms with Gasteiger partial charge in [0.15, 0.2) is 0 Å². The number of amides is 1. The summed E-state index contributed by atoms with van der Waals surface area (Å²) in [7, 11) is 3.11. The van der Waals surface area contributed by atoms with Gasteiger partial charge in [-0.3, -0.25) is 4.79 Å². The highest BCUT2D eigenvalue weighted by atomic mass is 16.5. The molecule has 0 aromatic heterocycles. The summed E-state index contributed by atoms with van der Waals surface area (Å²) in [5.74, 6) is 0. The van der Waals surface area contributed by atoms with Crippen molar-refractivity contribution in [2.45, 2.75) is 6.10 Å². The molecule has 0 spiro atoms. The summed E-state index contributed by atoms with van der Waals surface area (Å²) < 4.78 is 4.66. The first-order chi connectivity index (χ1) is 4.70. The molecule has 0 rings (SSSR count). The van der Waals surface area contributed by atoms with Gasteiger partial charge in [-0.25, -0.2) is 0 Å². The van der Waals surface area contributed by atoms with Gasteiger partial charge in [-0.05, 0) is 0 Å². The quantitative estimate of drug-likeness (QED) is 0.512. The Labute approximate surface area is 60.4 Å². The van der Waals surface area contributed by atoms with Gasteiger partial charge in [-0.15, -0.1) is 0 Å². The second kappa shape index (κ2) is 5.20. The Balaban J connectivity index is 3.36. The summed E-state index contributed by atoms with van der Waals surface area (Å²) in [6.45, 7) is 0.579. The van der Waals surface area contributed by atoms with E-state index in [1.807, 2.05) is 0 Å². The maximum atomic E-state index is 10.0. The minimum atomic E-state index is -0.583. The first-order valence-corrected chi connectivity index (χ1v) is 3.03. The van der Waals surface area contributed by atoms with Gasteiger partial charge in [-0.2, -0.15) is 0 Å². The van der Waals surface area contributed by atoms with Crippen molar-refractivity contribution in [2.24, 2.45) is 0 Å². The minimum absolute atomic E-state index is 0.262. The zero-order valence-corrected chi connectivity index (χ0v) is 6.28. The van der Waals surface area contributed by atoms with Gasteiger partial charge in [0.25, 0.3) is 0 Å². The van der Waals surface area contributed by atoms with Crippen molar-refractivity contribution in [3.63, 3.8) is 0 Å². The molecule has 0 aliphatic carbocycles. The Morgan fingerprint density at radius 3 is 2.80 bits per heavy atom. The van der Waals surface area contributed by atoms with E-state index in [-0.39, 0.29) is 6.61 Å². The number of nitrogens with zero attached hydrogens (tertiary/aromatic N) is 1. The lowest BCUT2D eigenvalue weighted by Crippen LogP contribution is -2.30. The average Bonchev–Trinajstić information content (AvgIpc) is 1.88. The Kier molecular flexibility index (Phi) is 4.88. The average molecular weight is 147 g/mol. The zero-order valence-electron chi connectivity index (χ0n) is 6.28. The third-order valence-corrected chi connectivity index (χ3v) is 1.04. The predicted octanol–water partition coefficient (Wildman–Crippen LogP) is -0.918. The number of ether oxygens (including phenoxy) is 1. The highest BCUT2D eigenvalue weighted by molar-refractivity contribution is 5.46. The third-order valence-electron chi connectivity index (χ3n) is 1.04. The van der Waals surface area contributed by atoms with E-state index in [2.05, 4.69) is 4.74 Å². The van der Waals surface area contributed by atoms with Crippen LogP contribution in [0.15, 0.2) is 0 Å². The molecule has 0 saturated heterocycles. The molecule has 0 radical (unpaired) electrons. The molecule has 10 heavy (non-hydrogen) atoms. The second-order valence-corrected chi connectivity index (χ2v) is 2.15. The van der Waals surface area contributed by atoms with Crippen molar-refractivity contribution in [1.82, 2.24) is 4.90 Å². The van der Waals surface area contributed by atoms with Crippen molar-refractivity contribution < 1.29 is 14.6 Å². The molecule has 60 valence electrons. The van der Waals surface area contributed by atoms with Crippen LogP contribution in [-0.4, -0.2) is 49.8 Å². The lowest BCUT2D eigenvalue weighted by molar-refractivity contribution is -0.118. The first-order valence-electron chi connectivity index (χ1n) is 3.03. The molecule has 0 saturated carbocycles. The number of aliphatic hydroxyl groups is 1. The van der Waals surface area contributed by atoms with Crippen LogP contribution in [0.2, 0.25) is 0 Å². The molecule has 0 aliphatic heterocycles. The van der Waals surface area contributed by atoms with Gasteiger partial charge >= 0.3 is 0 Å². The van der Waals surface area contributed by atoms with Crippen molar-refractivity contribution in [2.75, 3.05) is 27.3 Å². The summed E-state index contributed by atoms with van der Waals surface area (Å²) in [5.41, 5.74) is 0. The van der Waals surface area contributed by atoms with Crippen molar-refractivity contribution in [3.05, 3.63) is 0 Å². The number of hydrogen-bond acceptors (Lipinski definition) is 3. The molecular weight excluding hydrogens is 134 g/mol. The largest absolute Gasteiger partial charge is 0.389 e.